The molecule has 27 heavy (non-hydrogen) atoms. The summed E-state index contributed by atoms with van der Waals surface area (Å²) in [5.41, 5.74) is 5.48. The molecule has 0 aliphatic carbocycles. The molecule has 1 heterocycles. The van der Waals surface area contributed by atoms with Crippen molar-refractivity contribution in [2.75, 3.05) is 17.6 Å². The van der Waals surface area contributed by atoms with Gasteiger partial charge in [-0.15, -0.1) is 0 Å². The normalized spacial score (nSPS) is 14.6. The van der Waals surface area contributed by atoms with Gasteiger partial charge in [0.25, 0.3) is 5.91 Å². The molecule has 1 N–H and O–H groups in total. The zero-order chi connectivity index (χ0) is 19.6. The number of aryl methyl sites for hydroxylation is 2. The van der Waals surface area contributed by atoms with Gasteiger partial charge in [0.1, 0.15) is 0 Å². The predicted octanol–water partition coefficient (Wildman–Crippen LogP) is 3.65. The molecular formula is C21H26N2O3S. The first-order chi connectivity index (χ1) is 12.8. The highest BCUT2D eigenvalue weighted by Crippen LogP contribution is 2.25. The summed E-state index contributed by atoms with van der Waals surface area (Å²) in [4.78, 5) is 12.6. The third kappa shape index (κ3) is 4.39. The first-order valence-corrected chi connectivity index (χ1v) is 10.9. The van der Waals surface area contributed by atoms with E-state index >= 15 is 0 Å². The summed E-state index contributed by atoms with van der Waals surface area (Å²) in [6, 6.07) is 11.5. The fourth-order valence-electron chi connectivity index (χ4n) is 3.50. The number of hydrogen-bond acceptors (Lipinski definition) is 3. The van der Waals surface area contributed by atoms with Crippen molar-refractivity contribution in [2.24, 2.45) is 0 Å². The first-order valence-electron chi connectivity index (χ1n) is 9.28. The van der Waals surface area contributed by atoms with Crippen LogP contribution in [0.5, 0.6) is 0 Å². The summed E-state index contributed by atoms with van der Waals surface area (Å²) >= 11 is 0. The first kappa shape index (κ1) is 19.6. The van der Waals surface area contributed by atoms with Crippen molar-refractivity contribution in [2.45, 2.75) is 40.2 Å². The van der Waals surface area contributed by atoms with Gasteiger partial charge in [-0.2, -0.15) is 4.31 Å². The maximum absolute atomic E-state index is 12.6. The van der Waals surface area contributed by atoms with E-state index < -0.39 is 10.0 Å². The lowest BCUT2D eigenvalue weighted by molar-refractivity contribution is 0.102. The minimum absolute atomic E-state index is 0.154. The van der Waals surface area contributed by atoms with Crippen LogP contribution in [-0.2, 0) is 23.0 Å². The molecular weight excluding hydrogens is 360 g/mol. The SMILES string of the molecule is CCCS(=O)(=O)N1CCc2ccc(NC(=O)c3ccc(C)cc3C)cc2C1. The summed E-state index contributed by atoms with van der Waals surface area (Å²) in [5, 5.41) is 2.94. The molecule has 0 atom stereocenters. The van der Waals surface area contributed by atoms with Gasteiger partial charge in [-0.1, -0.05) is 30.7 Å². The molecule has 0 spiro atoms. The van der Waals surface area contributed by atoms with Crippen LogP contribution in [0, 0.1) is 13.8 Å². The lowest BCUT2D eigenvalue weighted by atomic mass is 10.00. The zero-order valence-electron chi connectivity index (χ0n) is 16.1. The smallest absolute Gasteiger partial charge is 0.255 e. The van der Waals surface area contributed by atoms with Crippen molar-refractivity contribution in [1.29, 1.82) is 0 Å². The average molecular weight is 387 g/mol. The molecule has 0 saturated carbocycles. The van der Waals surface area contributed by atoms with E-state index in [2.05, 4.69) is 5.32 Å². The summed E-state index contributed by atoms with van der Waals surface area (Å²) in [6.45, 7) is 6.67. The van der Waals surface area contributed by atoms with Crippen LogP contribution in [-0.4, -0.2) is 30.9 Å². The Balaban J connectivity index is 1.79. The molecule has 2 aromatic rings. The molecule has 1 aliphatic rings. The van der Waals surface area contributed by atoms with Crippen LogP contribution in [0.1, 0.15) is 46.0 Å². The van der Waals surface area contributed by atoms with E-state index in [1.54, 1.807) is 4.31 Å². The summed E-state index contributed by atoms with van der Waals surface area (Å²) in [7, 11) is -3.22. The quantitative estimate of drug-likeness (QED) is 0.853. The van der Waals surface area contributed by atoms with E-state index in [9.17, 15) is 13.2 Å². The molecule has 0 fully saturated rings. The van der Waals surface area contributed by atoms with Crippen molar-refractivity contribution in [3.05, 3.63) is 64.2 Å². The molecule has 0 saturated heterocycles. The Bertz CT molecular complexity index is 967. The second-order valence-electron chi connectivity index (χ2n) is 7.16. The number of sulfonamides is 1. The number of carbonyl (C=O) groups excluding carboxylic acids is 1. The van der Waals surface area contributed by atoms with Gasteiger partial charge in [0.2, 0.25) is 10.0 Å². The lowest BCUT2D eigenvalue weighted by Crippen LogP contribution is -2.37. The molecule has 2 aromatic carbocycles. The van der Waals surface area contributed by atoms with Crippen molar-refractivity contribution in [3.63, 3.8) is 0 Å². The predicted molar refractivity (Wildman–Crippen MR) is 109 cm³/mol. The second kappa shape index (κ2) is 7.82. The number of rotatable bonds is 5. The van der Waals surface area contributed by atoms with Gasteiger partial charge in [0.05, 0.1) is 5.75 Å². The average Bonchev–Trinajstić information content (AvgIpc) is 2.61. The standard InChI is InChI=1S/C21H26N2O3S/c1-4-11-27(25,26)23-10-9-17-6-7-19(13-18(17)14-23)22-21(24)20-8-5-15(2)12-16(20)3/h5-8,12-13H,4,9-11,14H2,1-3H3,(H,22,24). The molecule has 0 radical (unpaired) electrons. The molecule has 1 amide bonds. The molecule has 3 rings (SSSR count). The van der Waals surface area contributed by atoms with Gasteiger partial charge in [0.15, 0.2) is 0 Å². The molecule has 1 aliphatic heterocycles. The van der Waals surface area contributed by atoms with Crippen molar-refractivity contribution < 1.29 is 13.2 Å². The number of anilines is 1. The third-order valence-electron chi connectivity index (χ3n) is 4.92. The number of nitrogens with one attached hydrogen (secondary N) is 1. The number of benzene rings is 2. The Labute approximate surface area is 161 Å². The van der Waals surface area contributed by atoms with Crippen LogP contribution in [0.15, 0.2) is 36.4 Å². The van der Waals surface area contributed by atoms with E-state index in [4.69, 9.17) is 0 Å². The van der Waals surface area contributed by atoms with Gasteiger partial charge in [-0.3, -0.25) is 4.79 Å². The number of nitrogens with zero attached hydrogens (tertiary/aromatic N) is 1. The van der Waals surface area contributed by atoms with E-state index in [-0.39, 0.29) is 11.7 Å². The van der Waals surface area contributed by atoms with Crippen LogP contribution in [0.4, 0.5) is 5.69 Å². The number of hydrogen-bond donors (Lipinski definition) is 1. The van der Waals surface area contributed by atoms with Gasteiger partial charge in [0, 0.05) is 24.3 Å². The van der Waals surface area contributed by atoms with Crippen molar-refractivity contribution in [3.8, 4) is 0 Å². The van der Waals surface area contributed by atoms with Gasteiger partial charge in [-0.25, -0.2) is 8.42 Å². The highest BCUT2D eigenvalue weighted by Gasteiger charge is 2.26. The number of carbonyl (C=O) groups is 1. The molecule has 144 valence electrons. The Morgan fingerprint density at radius 3 is 2.59 bits per heavy atom. The molecule has 0 unspecified atom stereocenters. The Morgan fingerprint density at radius 2 is 1.89 bits per heavy atom. The molecule has 0 bridgehead atoms. The lowest BCUT2D eigenvalue weighted by Gasteiger charge is -2.28. The van der Waals surface area contributed by atoms with Crippen LogP contribution in [0.2, 0.25) is 0 Å². The summed E-state index contributed by atoms with van der Waals surface area (Å²) < 4.78 is 26.3. The third-order valence-corrected chi connectivity index (χ3v) is 6.95. The maximum Gasteiger partial charge on any atom is 0.255 e. The van der Waals surface area contributed by atoms with Crippen LogP contribution in [0.3, 0.4) is 0 Å². The number of fused-ring (bicyclic) bond motifs is 1. The number of amides is 1. The summed E-state index contributed by atoms with van der Waals surface area (Å²) in [6.07, 6.45) is 1.31. The van der Waals surface area contributed by atoms with Crippen LogP contribution < -0.4 is 5.32 Å². The highest BCUT2D eigenvalue weighted by atomic mass is 32.2. The maximum atomic E-state index is 12.6. The van der Waals surface area contributed by atoms with Crippen molar-refractivity contribution in [1.82, 2.24) is 4.31 Å². The minimum atomic E-state index is -3.22. The van der Waals surface area contributed by atoms with Gasteiger partial charge >= 0.3 is 0 Å². The molecule has 6 heteroatoms. The minimum Gasteiger partial charge on any atom is -0.322 e. The van der Waals surface area contributed by atoms with Crippen LogP contribution >= 0.6 is 0 Å². The Morgan fingerprint density at radius 1 is 1.11 bits per heavy atom. The fourth-order valence-corrected chi connectivity index (χ4v) is 4.98. The van der Waals surface area contributed by atoms with E-state index in [0.717, 1.165) is 22.3 Å². The van der Waals surface area contributed by atoms with E-state index in [1.807, 2.05) is 57.2 Å². The summed E-state index contributed by atoms with van der Waals surface area (Å²) in [5.74, 6) is 0.0181. The van der Waals surface area contributed by atoms with Gasteiger partial charge in [-0.05, 0) is 61.6 Å². The Kier molecular flexibility index (Phi) is 5.67. The zero-order valence-corrected chi connectivity index (χ0v) is 16.9. The Hall–Kier alpha value is -2.18. The monoisotopic (exact) mass is 386 g/mol. The molecule has 5 nitrogen and oxygen atoms in total. The second-order valence-corrected chi connectivity index (χ2v) is 9.24. The largest absolute Gasteiger partial charge is 0.322 e. The van der Waals surface area contributed by atoms with Gasteiger partial charge < -0.3 is 5.32 Å². The van der Waals surface area contributed by atoms with Crippen molar-refractivity contribution >= 4 is 21.6 Å². The topological polar surface area (TPSA) is 66.5 Å². The highest BCUT2D eigenvalue weighted by molar-refractivity contribution is 7.89. The van der Waals surface area contributed by atoms with Crippen LogP contribution in [0.25, 0.3) is 0 Å². The van der Waals surface area contributed by atoms with E-state index in [0.29, 0.717) is 37.2 Å². The van der Waals surface area contributed by atoms with E-state index in [1.165, 1.54) is 0 Å². The molecule has 0 aromatic heterocycles. The fraction of sp³-hybridized carbons (Fsp3) is 0.381.